The number of carbonyl (C=O) groups is 2. The predicted octanol–water partition coefficient (Wildman–Crippen LogP) is 5.19. The fourth-order valence-electron chi connectivity index (χ4n) is 2.62. The van der Waals surface area contributed by atoms with Crippen LogP contribution in [0.4, 0.5) is 19.3 Å². The normalized spacial score (nSPS) is 13.2. The van der Waals surface area contributed by atoms with Crippen molar-refractivity contribution in [1.82, 2.24) is 0 Å². The molecule has 0 saturated carbocycles. The van der Waals surface area contributed by atoms with Gasteiger partial charge >= 0.3 is 12.0 Å². The van der Waals surface area contributed by atoms with Gasteiger partial charge in [-0.25, -0.2) is 4.79 Å². The zero-order valence-electron chi connectivity index (χ0n) is 17.3. The standard InChI is InChI=1S/C23H25F2NO4/c1-16-10-8-9-13-18(16)26(21(29)30-22(2,3)4)15-14-19(27)23(24,25)20(28)17-11-6-5-7-12-17/h5-15,20,28H,1-4H3/b15-14+. The van der Waals surface area contributed by atoms with Gasteiger partial charge in [-0.05, 0) is 44.9 Å². The number of rotatable bonds is 6. The molecule has 1 unspecified atom stereocenters. The highest BCUT2D eigenvalue weighted by Gasteiger charge is 2.45. The van der Waals surface area contributed by atoms with Crippen LogP contribution < -0.4 is 4.90 Å². The maximum Gasteiger partial charge on any atom is 0.418 e. The van der Waals surface area contributed by atoms with Gasteiger partial charge in [0.25, 0.3) is 0 Å². The maximum atomic E-state index is 14.5. The van der Waals surface area contributed by atoms with Crippen LogP contribution in [0, 0.1) is 6.92 Å². The lowest BCUT2D eigenvalue weighted by Crippen LogP contribution is -2.36. The number of ether oxygens (including phenoxy) is 1. The number of para-hydroxylation sites is 1. The molecule has 0 aromatic heterocycles. The molecule has 0 aliphatic carbocycles. The first-order chi connectivity index (χ1) is 13.9. The number of nitrogens with zero attached hydrogens (tertiary/aromatic N) is 1. The third kappa shape index (κ3) is 5.73. The van der Waals surface area contributed by atoms with Crippen molar-refractivity contribution in [3.05, 3.63) is 78.0 Å². The number of halogens is 2. The number of aliphatic hydroxyl groups excluding tert-OH is 1. The van der Waals surface area contributed by atoms with Crippen molar-refractivity contribution in [2.24, 2.45) is 0 Å². The fraction of sp³-hybridized carbons (Fsp3) is 0.304. The van der Waals surface area contributed by atoms with E-state index in [-0.39, 0.29) is 5.56 Å². The molecule has 1 atom stereocenters. The van der Waals surface area contributed by atoms with Crippen LogP contribution in [0.25, 0.3) is 0 Å². The van der Waals surface area contributed by atoms with Crippen molar-refractivity contribution in [3.8, 4) is 0 Å². The van der Waals surface area contributed by atoms with Crippen LogP contribution in [0.3, 0.4) is 0 Å². The number of anilines is 1. The van der Waals surface area contributed by atoms with E-state index in [0.29, 0.717) is 17.3 Å². The van der Waals surface area contributed by atoms with Crippen LogP contribution >= 0.6 is 0 Å². The molecule has 0 aliphatic heterocycles. The van der Waals surface area contributed by atoms with E-state index in [1.807, 2.05) is 0 Å². The van der Waals surface area contributed by atoms with Crippen molar-refractivity contribution < 1.29 is 28.2 Å². The molecule has 1 N–H and O–H groups in total. The number of ketones is 1. The Morgan fingerprint density at radius 3 is 2.17 bits per heavy atom. The van der Waals surface area contributed by atoms with E-state index in [1.165, 1.54) is 24.3 Å². The molecule has 2 aromatic rings. The van der Waals surface area contributed by atoms with Gasteiger partial charge in [-0.15, -0.1) is 0 Å². The van der Waals surface area contributed by atoms with Gasteiger partial charge in [0.1, 0.15) is 5.60 Å². The third-order valence-corrected chi connectivity index (χ3v) is 4.13. The second kappa shape index (κ2) is 9.17. The first-order valence-electron chi connectivity index (χ1n) is 9.35. The summed E-state index contributed by atoms with van der Waals surface area (Å²) in [6.45, 7) is 6.73. The Bertz CT molecular complexity index is 920. The molecule has 2 aromatic carbocycles. The summed E-state index contributed by atoms with van der Waals surface area (Å²) >= 11 is 0. The van der Waals surface area contributed by atoms with E-state index >= 15 is 0 Å². The summed E-state index contributed by atoms with van der Waals surface area (Å²) < 4.78 is 34.4. The van der Waals surface area contributed by atoms with E-state index in [9.17, 15) is 23.5 Å². The summed E-state index contributed by atoms with van der Waals surface area (Å²) in [5, 5.41) is 10.00. The van der Waals surface area contributed by atoms with Crippen LogP contribution in [0.1, 0.15) is 38.0 Å². The lowest BCUT2D eigenvalue weighted by atomic mass is 10.0. The third-order valence-electron chi connectivity index (χ3n) is 4.13. The lowest BCUT2D eigenvalue weighted by molar-refractivity contribution is -0.156. The second-order valence-electron chi connectivity index (χ2n) is 7.75. The molecule has 0 saturated heterocycles. The first kappa shape index (κ1) is 23.2. The molecule has 0 radical (unpaired) electrons. The summed E-state index contributed by atoms with van der Waals surface area (Å²) in [5.41, 5.74) is 0.134. The van der Waals surface area contributed by atoms with Gasteiger partial charge in [-0.2, -0.15) is 8.78 Å². The monoisotopic (exact) mass is 417 g/mol. The van der Waals surface area contributed by atoms with Crippen LogP contribution in [-0.2, 0) is 9.53 Å². The molecular weight excluding hydrogens is 392 g/mol. The summed E-state index contributed by atoms with van der Waals surface area (Å²) in [4.78, 5) is 25.9. The zero-order chi connectivity index (χ0) is 22.5. The Labute approximate surface area is 174 Å². The number of benzene rings is 2. The van der Waals surface area contributed by atoms with Crippen molar-refractivity contribution in [2.75, 3.05) is 4.90 Å². The van der Waals surface area contributed by atoms with Gasteiger partial charge in [-0.3, -0.25) is 9.69 Å². The van der Waals surface area contributed by atoms with Gasteiger partial charge in [-0.1, -0.05) is 48.5 Å². The SMILES string of the molecule is Cc1ccccc1N(/C=C/C(=O)C(F)(F)C(O)c1ccccc1)C(=O)OC(C)(C)C. The number of hydrogen-bond donors (Lipinski definition) is 1. The molecule has 0 bridgehead atoms. The minimum atomic E-state index is -4.08. The predicted molar refractivity (Wildman–Crippen MR) is 110 cm³/mol. The summed E-state index contributed by atoms with van der Waals surface area (Å²) in [6, 6.07) is 13.9. The van der Waals surface area contributed by atoms with Crippen LogP contribution in [0.2, 0.25) is 0 Å². The molecule has 160 valence electrons. The Hall–Kier alpha value is -3.06. The van der Waals surface area contributed by atoms with E-state index < -0.39 is 29.5 Å². The fourth-order valence-corrected chi connectivity index (χ4v) is 2.62. The molecule has 7 heteroatoms. The molecule has 0 spiro atoms. The number of amides is 1. The Balaban J connectivity index is 2.33. The number of carbonyl (C=O) groups excluding carboxylic acids is 2. The van der Waals surface area contributed by atoms with Gasteiger partial charge in [0.15, 0.2) is 6.10 Å². The van der Waals surface area contributed by atoms with Crippen molar-refractivity contribution in [2.45, 2.75) is 45.3 Å². The van der Waals surface area contributed by atoms with Gasteiger partial charge in [0.2, 0.25) is 5.78 Å². The van der Waals surface area contributed by atoms with Crippen LogP contribution in [0.15, 0.2) is 66.9 Å². The summed E-state index contributed by atoms with van der Waals surface area (Å²) in [5.74, 6) is -5.72. The number of aryl methyl sites for hydroxylation is 1. The highest BCUT2D eigenvalue weighted by atomic mass is 19.3. The molecule has 0 aliphatic rings. The largest absolute Gasteiger partial charge is 0.443 e. The van der Waals surface area contributed by atoms with Crippen LogP contribution in [0.5, 0.6) is 0 Å². The molecular formula is C23H25F2NO4. The highest BCUT2D eigenvalue weighted by Crippen LogP contribution is 2.33. The highest BCUT2D eigenvalue weighted by molar-refractivity contribution is 5.99. The Morgan fingerprint density at radius 2 is 1.60 bits per heavy atom. The van der Waals surface area contributed by atoms with E-state index in [0.717, 1.165) is 11.1 Å². The van der Waals surface area contributed by atoms with Crippen LogP contribution in [-0.4, -0.2) is 28.5 Å². The van der Waals surface area contributed by atoms with Crippen molar-refractivity contribution in [1.29, 1.82) is 0 Å². The average molecular weight is 417 g/mol. The Morgan fingerprint density at radius 1 is 1.03 bits per heavy atom. The second-order valence-corrected chi connectivity index (χ2v) is 7.75. The smallest absolute Gasteiger partial charge is 0.418 e. The molecule has 5 nitrogen and oxygen atoms in total. The minimum absolute atomic E-state index is 0.0906. The van der Waals surface area contributed by atoms with Gasteiger partial charge in [0.05, 0.1) is 5.69 Å². The Kier molecular flexibility index (Phi) is 7.10. The first-order valence-corrected chi connectivity index (χ1v) is 9.35. The number of hydrogen-bond acceptors (Lipinski definition) is 4. The number of aliphatic hydroxyl groups is 1. The van der Waals surface area contributed by atoms with E-state index in [2.05, 4.69) is 0 Å². The average Bonchev–Trinajstić information content (AvgIpc) is 2.67. The summed E-state index contributed by atoms with van der Waals surface area (Å²) in [7, 11) is 0. The van der Waals surface area contributed by atoms with E-state index in [4.69, 9.17) is 4.74 Å². The number of allylic oxidation sites excluding steroid dienone is 1. The number of alkyl halides is 2. The molecule has 30 heavy (non-hydrogen) atoms. The maximum absolute atomic E-state index is 14.5. The van der Waals surface area contributed by atoms with Gasteiger partial charge in [0, 0.05) is 12.3 Å². The molecule has 0 fully saturated rings. The minimum Gasteiger partial charge on any atom is -0.443 e. The summed E-state index contributed by atoms with van der Waals surface area (Å²) in [6.07, 6.45) is -1.63. The van der Waals surface area contributed by atoms with Crippen molar-refractivity contribution >= 4 is 17.6 Å². The molecule has 1 amide bonds. The van der Waals surface area contributed by atoms with Gasteiger partial charge < -0.3 is 9.84 Å². The van der Waals surface area contributed by atoms with E-state index in [1.54, 1.807) is 58.0 Å². The lowest BCUT2D eigenvalue weighted by Gasteiger charge is -2.26. The molecule has 2 rings (SSSR count). The van der Waals surface area contributed by atoms with Crippen molar-refractivity contribution in [3.63, 3.8) is 0 Å². The zero-order valence-corrected chi connectivity index (χ0v) is 17.3. The quantitative estimate of drug-likeness (QED) is 0.657. The molecule has 0 heterocycles. The topological polar surface area (TPSA) is 66.8 Å².